The molecule has 0 unspecified atom stereocenters. The second kappa shape index (κ2) is 15.0. The summed E-state index contributed by atoms with van der Waals surface area (Å²) in [7, 11) is 0. The van der Waals surface area contributed by atoms with Crippen molar-refractivity contribution in [2.24, 2.45) is 0 Å². The first-order valence-electron chi connectivity index (χ1n) is 24.5. The molecule has 0 bridgehead atoms. The summed E-state index contributed by atoms with van der Waals surface area (Å²) in [6.45, 7) is 9.78. The molecule has 4 heterocycles. The summed E-state index contributed by atoms with van der Waals surface area (Å²) in [5.74, 6) is 1.89. The number of anilines is 2. The average Bonchev–Trinajstić information content (AvgIpc) is 3.94. The zero-order valence-corrected chi connectivity index (χ0v) is 35.6. The van der Waals surface area contributed by atoms with Crippen LogP contribution in [0.1, 0.15) is 45.6 Å². The van der Waals surface area contributed by atoms with E-state index in [1.54, 1.807) is 24.5 Å². The Hall–Kier alpha value is -6.50. The fourth-order valence-corrected chi connectivity index (χ4v) is 9.04. The predicted molar refractivity (Wildman–Crippen MR) is 241 cm³/mol. The molecule has 0 aliphatic carbocycles. The summed E-state index contributed by atoms with van der Waals surface area (Å²) in [5, 5.41) is 4.64. The van der Waals surface area contributed by atoms with Gasteiger partial charge in [-0.05, 0) is 18.6 Å². The fourth-order valence-electron chi connectivity index (χ4n) is 7.94. The minimum atomic E-state index is -0.621. The zero-order chi connectivity index (χ0) is 49.8. The second-order valence-electron chi connectivity index (χ2n) is 15.7. The number of hydrogen-bond donors (Lipinski definition) is 0. The second-order valence-corrected chi connectivity index (χ2v) is 16.7. The van der Waals surface area contributed by atoms with Crippen molar-refractivity contribution >= 4 is 29.5 Å². The Labute approximate surface area is 375 Å². The van der Waals surface area contributed by atoms with Gasteiger partial charge in [0.25, 0.3) is 0 Å². The maximum atomic E-state index is 9.26. The van der Waals surface area contributed by atoms with Crippen molar-refractivity contribution < 1.29 is 37.8 Å². The quantitative estimate of drug-likeness (QED) is 0.149. The Morgan fingerprint density at radius 1 is 0.683 bits per heavy atom. The molecule has 9 aromatic rings. The number of ether oxygens (including phenoxy) is 1. The van der Waals surface area contributed by atoms with Crippen LogP contribution in [-0.2, 0) is 24.8 Å². The number of para-hydroxylation sites is 2. The summed E-state index contributed by atoms with van der Waals surface area (Å²) in [6, 6.07) is 25.6. The van der Waals surface area contributed by atoms with Crippen LogP contribution < -0.4 is 9.55 Å². The molecule has 3 aromatic heterocycles. The molecule has 0 amide bonds. The Balaban J connectivity index is 1.20. The SMILES string of the molecule is [2H]c1c([2H])c([2H])c(-c2cc(C(C)(C)C)cc(-c3c([2H])c([2H])c([2H])c([2H])c3[2H])c2-n2[c](=[Pt])n(-c3cccc(Oc4ccc5c(c4)N(c4cc(C)ccn4)B(C)n4nccc4-5)c3)c3ccccc32)c([2H])c1[2H]. The van der Waals surface area contributed by atoms with Crippen LogP contribution >= 0.6 is 0 Å². The Bertz CT molecular complexity index is 3590. The van der Waals surface area contributed by atoms with Gasteiger partial charge in [0.2, 0.25) is 0 Å². The van der Waals surface area contributed by atoms with Gasteiger partial charge in [-0.3, -0.25) is 0 Å². The summed E-state index contributed by atoms with van der Waals surface area (Å²) in [5.41, 5.74) is 6.46. The van der Waals surface area contributed by atoms with E-state index in [1.165, 1.54) is 0 Å². The molecule has 0 saturated carbocycles. The van der Waals surface area contributed by atoms with E-state index < -0.39 is 65.8 Å². The maximum absolute atomic E-state index is 9.26. The number of aromatic nitrogens is 5. The summed E-state index contributed by atoms with van der Waals surface area (Å²) in [4.78, 5) is 6.88. The van der Waals surface area contributed by atoms with Gasteiger partial charge in [0, 0.05) is 12.4 Å². The Kier molecular flexibility index (Phi) is 6.99. The van der Waals surface area contributed by atoms with Crippen molar-refractivity contribution in [3.63, 3.8) is 0 Å². The Morgan fingerprint density at radius 2 is 1.35 bits per heavy atom. The van der Waals surface area contributed by atoms with Crippen LogP contribution in [0.15, 0.2) is 170 Å². The van der Waals surface area contributed by atoms with E-state index in [0.29, 0.717) is 37.6 Å². The number of hydrogen-bond acceptors (Lipinski definition) is 4. The molecule has 0 saturated heterocycles. The summed E-state index contributed by atoms with van der Waals surface area (Å²) in [6.07, 6.45) is 3.59. The van der Waals surface area contributed by atoms with Crippen molar-refractivity contribution in [2.45, 2.75) is 39.9 Å². The van der Waals surface area contributed by atoms with Crippen LogP contribution in [0.5, 0.6) is 11.5 Å². The molecule has 0 fully saturated rings. The molecular formula is C51H43BN6OPt. The van der Waals surface area contributed by atoms with Gasteiger partial charge >= 0.3 is 341 Å². The van der Waals surface area contributed by atoms with Crippen molar-refractivity contribution in [3.05, 3.63) is 185 Å². The third kappa shape index (κ3) is 6.56. The van der Waals surface area contributed by atoms with Gasteiger partial charge in [-0.1, -0.05) is 0 Å². The van der Waals surface area contributed by atoms with Gasteiger partial charge < -0.3 is 0 Å². The first kappa shape index (κ1) is 28.1. The standard InChI is InChI=1S/C51H43BN6O.Pt/c1-35-25-27-53-49(29-35)57-48-33-41(23-24-42(48)45-26-28-54-58(45)52(57)5)59-40-20-14-19-39(32-40)55-34-56(47-22-13-12-21-46(47)55)50-43(36-15-8-6-9-16-36)30-38(51(2,3)4)31-44(50)37-17-10-7-11-18-37;/h6-33H,1-5H3;/i6D,7D,8D,9D,10D,11D,15D,16D,17D,18D;. The number of rotatable bonds is 7. The summed E-state index contributed by atoms with van der Waals surface area (Å²) < 4.78 is 102. The van der Waals surface area contributed by atoms with Crippen LogP contribution in [0.25, 0.3) is 55.9 Å². The van der Waals surface area contributed by atoms with Crippen molar-refractivity contribution in [1.29, 1.82) is 0 Å². The first-order chi connectivity index (χ1) is 33.3. The molecule has 9 heteroatoms. The molecule has 0 atom stereocenters. The fraction of sp³-hybridized carbons (Fsp3) is 0.118. The predicted octanol–water partition coefficient (Wildman–Crippen LogP) is 12.6. The molecule has 0 radical (unpaired) electrons. The number of fused-ring (bicyclic) bond motifs is 4. The van der Waals surface area contributed by atoms with E-state index >= 15 is 0 Å². The first-order valence-corrected chi connectivity index (χ1v) is 20.6. The Morgan fingerprint density at radius 3 is 2.02 bits per heavy atom. The molecule has 296 valence electrons. The van der Waals surface area contributed by atoms with Crippen LogP contribution in [0, 0.1) is 10.7 Å². The van der Waals surface area contributed by atoms with Crippen LogP contribution in [0.2, 0.25) is 6.82 Å². The molecule has 0 spiro atoms. The van der Waals surface area contributed by atoms with E-state index in [9.17, 15) is 5.48 Å². The molecule has 6 aromatic carbocycles. The normalized spacial score (nSPS) is 14.8. The van der Waals surface area contributed by atoms with Gasteiger partial charge in [-0.25, -0.2) is 0 Å². The molecule has 60 heavy (non-hydrogen) atoms. The van der Waals surface area contributed by atoms with E-state index in [0.717, 1.165) is 28.3 Å². The zero-order valence-electron chi connectivity index (χ0n) is 43.4. The van der Waals surface area contributed by atoms with Crippen LogP contribution in [0.3, 0.4) is 0 Å². The van der Waals surface area contributed by atoms with Gasteiger partial charge in [-0.2, -0.15) is 5.10 Å². The van der Waals surface area contributed by atoms with E-state index in [2.05, 4.69) is 36.1 Å². The van der Waals surface area contributed by atoms with Crippen LogP contribution in [-0.4, -0.2) is 30.8 Å². The molecule has 0 N–H and O–H groups in total. The average molecular weight is 972 g/mol. The van der Waals surface area contributed by atoms with Gasteiger partial charge in [-0.15, -0.1) is 0 Å². The van der Waals surface area contributed by atoms with Crippen molar-refractivity contribution in [2.75, 3.05) is 4.81 Å². The number of benzene rings is 6. The molecular weight excluding hydrogens is 918 g/mol. The van der Waals surface area contributed by atoms with Crippen molar-refractivity contribution in [1.82, 2.24) is 23.8 Å². The third-order valence-electron chi connectivity index (χ3n) is 10.8. The molecule has 1 aliphatic heterocycles. The molecule has 1 aliphatic rings. The van der Waals surface area contributed by atoms with Crippen LogP contribution in [0.4, 0.5) is 11.5 Å². The number of aryl methyl sites for hydroxylation is 1. The number of imidazole rings is 1. The minimum absolute atomic E-state index is 0.0999. The van der Waals surface area contributed by atoms with Gasteiger partial charge in [0.15, 0.2) is 0 Å². The van der Waals surface area contributed by atoms with Crippen molar-refractivity contribution in [3.8, 4) is 56.4 Å². The van der Waals surface area contributed by atoms with E-state index in [-0.39, 0.29) is 34.9 Å². The monoisotopic (exact) mass is 971 g/mol. The summed E-state index contributed by atoms with van der Waals surface area (Å²) >= 11 is 2.19. The van der Waals surface area contributed by atoms with E-state index in [4.69, 9.17) is 17.9 Å². The van der Waals surface area contributed by atoms with Gasteiger partial charge in [0.1, 0.15) is 0 Å². The van der Waals surface area contributed by atoms with E-state index in [1.807, 2.05) is 126 Å². The number of nitrogens with zero attached hydrogens (tertiary/aromatic N) is 6. The molecule has 10 rings (SSSR count). The molecule has 7 nitrogen and oxygen atoms in total. The van der Waals surface area contributed by atoms with Gasteiger partial charge in [0.05, 0.1) is 0 Å². The topological polar surface area (TPSA) is 53.0 Å². The number of pyridine rings is 1. The third-order valence-corrected chi connectivity index (χ3v) is 11.8.